The molecule has 2 aliphatic heterocycles. The van der Waals surface area contributed by atoms with E-state index in [1.807, 2.05) is 91.0 Å². The lowest BCUT2D eigenvalue weighted by Gasteiger charge is -2.52. The van der Waals surface area contributed by atoms with Crippen LogP contribution in [0.3, 0.4) is 0 Å². The van der Waals surface area contributed by atoms with Gasteiger partial charge in [-0.2, -0.15) is 10.1 Å². The maximum Gasteiger partial charge on any atom is 0.254 e. The number of hydrogen-bond donors (Lipinski definition) is 0. The van der Waals surface area contributed by atoms with E-state index in [4.69, 9.17) is 5.10 Å². The van der Waals surface area contributed by atoms with Gasteiger partial charge in [0.15, 0.2) is 0 Å². The van der Waals surface area contributed by atoms with Crippen LogP contribution in [-0.2, 0) is 24.6 Å². The number of fused-ring (bicyclic) bond motifs is 1. The van der Waals surface area contributed by atoms with Gasteiger partial charge in [0.2, 0.25) is 11.8 Å². The summed E-state index contributed by atoms with van der Waals surface area (Å²) in [5, 5.41) is 7.68. The predicted octanol–water partition coefficient (Wildman–Crippen LogP) is 5.43. The number of allylic oxidation sites excluding steroid dienone is 2. The Bertz CT molecular complexity index is 2130. The monoisotopic (exact) mass is 615 g/mol. The molecular weight excluding hydrogens is 586 g/mol. The van der Waals surface area contributed by atoms with Gasteiger partial charge < -0.3 is 0 Å². The summed E-state index contributed by atoms with van der Waals surface area (Å²) >= 11 is 0. The standard InChI is InChI=1S/C40H29N3O4/c44-36-34-31-24-11-3-5-13-28(24)40(29-14-6-4-12-25(29)31,35(34)39(47)42(36)30-15-7-9-20-8-1-2-10-21(20)30)19-41-43-37(45)32-22-16-17-23(27-18-26(22)27)33(32)38(43)46/h1-17,19,22-23,26-27,31-35H,18H2/b41-19-/t22-,23-,26-,27+,31?,32-,33+,34-,35+,40?/m0/s1. The smallest absolute Gasteiger partial charge is 0.254 e. The summed E-state index contributed by atoms with van der Waals surface area (Å²) in [5.41, 5.74) is 3.17. The van der Waals surface area contributed by atoms with E-state index in [1.54, 1.807) is 6.21 Å². The average Bonchev–Trinajstić information content (AvgIpc) is 3.85. The normalized spacial score (nSPS) is 36.6. The quantitative estimate of drug-likeness (QED) is 0.175. The van der Waals surface area contributed by atoms with E-state index in [1.165, 1.54) is 4.90 Å². The molecular formula is C40H29N3O4. The van der Waals surface area contributed by atoms with Gasteiger partial charge in [0.25, 0.3) is 11.8 Å². The van der Waals surface area contributed by atoms with Crippen molar-refractivity contribution in [1.29, 1.82) is 0 Å². The first-order valence-corrected chi connectivity index (χ1v) is 16.7. The molecule has 0 aromatic heterocycles. The van der Waals surface area contributed by atoms with E-state index in [0.717, 1.165) is 44.5 Å². The van der Waals surface area contributed by atoms with Crippen LogP contribution in [0.5, 0.6) is 0 Å². The van der Waals surface area contributed by atoms with Crippen molar-refractivity contribution in [2.45, 2.75) is 17.8 Å². The number of imide groups is 2. The molecule has 4 fully saturated rings. The van der Waals surface area contributed by atoms with Gasteiger partial charge in [-0.3, -0.25) is 19.2 Å². The first kappa shape index (κ1) is 26.0. The van der Waals surface area contributed by atoms with Crippen LogP contribution in [0, 0.1) is 47.3 Å². The van der Waals surface area contributed by atoms with E-state index in [2.05, 4.69) is 12.2 Å². The SMILES string of the molecule is O=C1[C@@H]2[C@H]3C=C[C@@H]([C@@H]4C[C@H]34)[C@@H]2C(=O)N1/N=C\C12c3ccccc3C(c3ccccc31)[C@@H]1C(=O)N(c3cccc4ccccc34)C(=O)[C@@H]12. The van der Waals surface area contributed by atoms with Gasteiger partial charge in [-0.1, -0.05) is 97.1 Å². The second-order valence-corrected chi connectivity index (χ2v) is 14.4. The minimum Gasteiger partial charge on any atom is -0.274 e. The predicted molar refractivity (Wildman–Crippen MR) is 174 cm³/mol. The Morgan fingerprint density at radius 1 is 0.638 bits per heavy atom. The largest absolute Gasteiger partial charge is 0.274 e. The number of nitrogens with zero attached hydrogens (tertiary/aromatic N) is 3. The first-order chi connectivity index (χ1) is 23.0. The molecule has 7 heteroatoms. The third kappa shape index (κ3) is 2.93. The molecule has 0 spiro atoms. The molecule has 0 radical (unpaired) electrons. The number of anilines is 1. The Morgan fingerprint density at radius 3 is 1.91 bits per heavy atom. The van der Waals surface area contributed by atoms with Crippen LogP contribution in [-0.4, -0.2) is 34.9 Å². The lowest BCUT2D eigenvalue weighted by atomic mass is 9.47. The summed E-state index contributed by atoms with van der Waals surface area (Å²) < 4.78 is 0. The Labute approximate surface area is 270 Å². The highest BCUT2D eigenvalue weighted by molar-refractivity contribution is 6.27. The van der Waals surface area contributed by atoms with E-state index in [9.17, 15) is 19.2 Å². The summed E-state index contributed by atoms with van der Waals surface area (Å²) in [7, 11) is 0. The van der Waals surface area contributed by atoms with Crippen LogP contribution in [0.2, 0.25) is 0 Å². The van der Waals surface area contributed by atoms with Gasteiger partial charge in [-0.25, -0.2) is 4.90 Å². The topological polar surface area (TPSA) is 87.1 Å². The third-order valence-electron chi connectivity index (χ3n) is 12.7. The van der Waals surface area contributed by atoms with Crippen LogP contribution in [0.1, 0.15) is 34.6 Å². The second kappa shape index (κ2) is 8.59. The fraction of sp³-hybridized carbons (Fsp3) is 0.275. The highest BCUT2D eigenvalue weighted by atomic mass is 16.2. The molecule has 0 N–H and O–H groups in total. The zero-order chi connectivity index (χ0) is 31.3. The number of carbonyl (C=O) groups excluding carboxylic acids is 4. The fourth-order valence-electron chi connectivity index (χ4n) is 10.9. The van der Waals surface area contributed by atoms with Crippen LogP contribution < -0.4 is 4.90 Å². The number of benzene rings is 4. The molecule has 8 atom stereocenters. The Kier molecular flexibility index (Phi) is 4.75. The van der Waals surface area contributed by atoms with Gasteiger partial charge in [-0.15, -0.1) is 0 Å². The van der Waals surface area contributed by atoms with Crippen molar-refractivity contribution in [2.24, 2.45) is 52.4 Å². The van der Waals surface area contributed by atoms with Gasteiger partial charge in [-0.05, 0) is 63.8 Å². The molecule has 4 bridgehead atoms. The number of carbonyl (C=O) groups is 4. The first-order valence-electron chi connectivity index (χ1n) is 16.7. The van der Waals surface area contributed by atoms with Crippen molar-refractivity contribution in [2.75, 3.05) is 4.90 Å². The Hall–Kier alpha value is -5.17. The number of amides is 4. The lowest BCUT2D eigenvalue weighted by molar-refractivity contribution is -0.140. The van der Waals surface area contributed by atoms with Crippen LogP contribution in [0.4, 0.5) is 5.69 Å². The highest BCUT2D eigenvalue weighted by Crippen LogP contribution is 2.66. The Morgan fingerprint density at radius 2 is 1.23 bits per heavy atom. The summed E-state index contributed by atoms with van der Waals surface area (Å²) in [6.45, 7) is 0. The molecule has 2 saturated heterocycles. The van der Waals surface area contributed by atoms with Crippen molar-refractivity contribution in [3.63, 3.8) is 0 Å². The van der Waals surface area contributed by atoms with Gasteiger partial charge in [0.1, 0.15) is 0 Å². The van der Waals surface area contributed by atoms with Crippen molar-refractivity contribution in [3.8, 4) is 0 Å². The van der Waals surface area contributed by atoms with Gasteiger partial charge >= 0.3 is 0 Å². The maximum atomic E-state index is 15.0. The summed E-state index contributed by atoms with van der Waals surface area (Å²) in [6.07, 6.45) is 7.07. The number of hydrogen-bond acceptors (Lipinski definition) is 5. The van der Waals surface area contributed by atoms with Gasteiger partial charge in [0, 0.05) is 17.5 Å². The van der Waals surface area contributed by atoms with Crippen molar-refractivity contribution < 1.29 is 19.2 Å². The molecule has 9 aliphatic rings. The summed E-state index contributed by atoms with van der Waals surface area (Å²) in [6, 6.07) is 29.5. The van der Waals surface area contributed by atoms with E-state index >= 15 is 0 Å². The van der Waals surface area contributed by atoms with E-state index in [0.29, 0.717) is 17.5 Å². The third-order valence-corrected chi connectivity index (χ3v) is 12.7. The zero-order valence-electron chi connectivity index (χ0n) is 25.3. The van der Waals surface area contributed by atoms with Crippen LogP contribution in [0.15, 0.2) is 108 Å². The molecule has 7 nitrogen and oxygen atoms in total. The molecule has 2 heterocycles. The van der Waals surface area contributed by atoms with Crippen LogP contribution >= 0.6 is 0 Å². The molecule has 4 aromatic rings. The van der Waals surface area contributed by atoms with E-state index in [-0.39, 0.29) is 53.2 Å². The molecule has 4 aromatic carbocycles. The zero-order valence-corrected chi connectivity index (χ0v) is 25.3. The number of rotatable bonds is 3. The molecule has 7 aliphatic carbocycles. The molecule has 4 amide bonds. The van der Waals surface area contributed by atoms with Gasteiger partial charge in [0.05, 0.1) is 34.8 Å². The molecule has 13 rings (SSSR count). The molecule has 0 unspecified atom stereocenters. The molecule has 47 heavy (non-hydrogen) atoms. The maximum absolute atomic E-state index is 15.0. The molecule has 228 valence electrons. The summed E-state index contributed by atoms with van der Waals surface area (Å²) in [5.74, 6) is -2.39. The summed E-state index contributed by atoms with van der Waals surface area (Å²) in [4.78, 5) is 59.1. The van der Waals surface area contributed by atoms with Crippen molar-refractivity contribution in [3.05, 3.63) is 125 Å². The average molecular weight is 616 g/mol. The number of hydrazone groups is 1. The van der Waals surface area contributed by atoms with E-state index < -0.39 is 17.3 Å². The minimum atomic E-state index is -1.16. The second-order valence-electron chi connectivity index (χ2n) is 14.4. The fourth-order valence-corrected chi connectivity index (χ4v) is 10.9. The van der Waals surface area contributed by atoms with Crippen LogP contribution in [0.25, 0.3) is 10.8 Å². The Balaban J connectivity index is 1.10. The molecule has 2 saturated carbocycles. The van der Waals surface area contributed by atoms with Crippen molar-refractivity contribution in [1.82, 2.24) is 5.01 Å². The lowest BCUT2D eigenvalue weighted by Crippen LogP contribution is -2.55. The highest BCUT2D eigenvalue weighted by Gasteiger charge is 2.70. The minimum absolute atomic E-state index is 0.0871. The van der Waals surface area contributed by atoms with Crippen molar-refractivity contribution >= 4 is 46.3 Å².